The summed E-state index contributed by atoms with van der Waals surface area (Å²) in [5.41, 5.74) is 4.10. The number of anilines is 1. The molecule has 0 radical (unpaired) electrons. The Balaban J connectivity index is 1.95. The van der Waals surface area contributed by atoms with Crippen LogP contribution in [0.5, 0.6) is 5.75 Å². The molecule has 2 heterocycles. The van der Waals surface area contributed by atoms with Crippen molar-refractivity contribution in [2.45, 2.75) is 6.42 Å². The van der Waals surface area contributed by atoms with E-state index in [1.54, 1.807) is 7.11 Å². The van der Waals surface area contributed by atoms with E-state index in [1.807, 2.05) is 41.1 Å². The first-order valence-corrected chi connectivity index (χ1v) is 8.80. The SMILES string of the molecule is COc1ccc(Cl)cc1-n1nc(-c2ccccc2Br)c2c1NCC2. The van der Waals surface area contributed by atoms with E-state index in [9.17, 15) is 0 Å². The molecule has 1 N–H and O–H groups in total. The molecule has 0 aliphatic carbocycles. The van der Waals surface area contributed by atoms with Gasteiger partial charge in [-0.15, -0.1) is 0 Å². The number of nitrogens with one attached hydrogen (secondary N) is 1. The number of halogens is 2. The van der Waals surface area contributed by atoms with E-state index >= 15 is 0 Å². The molecule has 0 amide bonds. The molecular weight excluding hydrogens is 390 g/mol. The minimum atomic E-state index is 0.649. The van der Waals surface area contributed by atoms with Crippen molar-refractivity contribution in [1.29, 1.82) is 0 Å². The summed E-state index contributed by atoms with van der Waals surface area (Å²) in [6.45, 7) is 0.896. The van der Waals surface area contributed by atoms with E-state index in [0.717, 1.165) is 46.0 Å². The molecule has 122 valence electrons. The minimum absolute atomic E-state index is 0.649. The van der Waals surface area contributed by atoms with Crippen LogP contribution in [0.3, 0.4) is 0 Å². The summed E-state index contributed by atoms with van der Waals surface area (Å²) in [6.07, 6.45) is 0.939. The van der Waals surface area contributed by atoms with E-state index in [0.29, 0.717) is 5.02 Å². The summed E-state index contributed by atoms with van der Waals surface area (Å²) in [4.78, 5) is 0. The Labute approximate surface area is 153 Å². The van der Waals surface area contributed by atoms with Crippen LogP contribution in [0.1, 0.15) is 5.56 Å². The van der Waals surface area contributed by atoms with Crippen molar-refractivity contribution in [3.8, 4) is 22.7 Å². The van der Waals surface area contributed by atoms with Gasteiger partial charge in [0.2, 0.25) is 0 Å². The lowest BCUT2D eigenvalue weighted by atomic mass is 10.1. The van der Waals surface area contributed by atoms with Gasteiger partial charge in [0.15, 0.2) is 0 Å². The van der Waals surface area contributed by atoms with Crippen LogP contribution in [-0.4, -0.2) is 23.4 Å². The smallest absolute Gasteiger partial charge is 0.144 e. The van der Waals surface area contributed by atoms with Crippen LogP contribution < -0.4 is 10.1 Å². The molecule has 1 aromatic heterocycles. The maximum atomic E-state index is 6.20. The van der Waals surface area contributed by atoms with Crippen molar-refractivity contribution in [2.24, 2.45) is 0 Å². The van der Waals surface area contributed by atoms with E-state index in [-0.39, 0.29) is 0 Å². The van der Waals surface area contributed by atoms with Gasteiger partial charge in [-0.2, -0.15) is 5.10 Å². The maximum absolute atomic E-state index is 6.20. The fraction of sp³-hybridized carbons (Fsp3) is 0.167. The molecule has 2 aromatic carbocycles. The fourth-order valence-corrected chi connectivity index (χ4v) is 3.69. The predicted octanol–water partition coefficient (Wildman–Crippen LogP) is 4.93. The number of aromatic nitrogens is 2. The van der Waals surface area contributed by atoms with Gasteiger partial charge in [-0.05, 0) is 30.7 Å². The van der Waals surface area contributed by atoms with Gasteiger partial charge in [0.05, 0.1) is 12.8 Å². The summed E-state index contributed by atoms with van der Waals surface area (Å²) in [5, 5.41) is 8.95. The van der Waals surface area contributed by atoms with Crippen molar-refractivity contribution in [1.82, 2.24) is 9.78 Å². The molecule has 0 saturated carbocycles. The third-order valence-electron chi connectivity index (χ3n) is 4.15. The molecule has 24 heavy (non-hydrogen) atoms. The lowest BCUT2D eigenvalue weighted by molar-refractivity contribution is 0.412. The lowest BCUT2D eigenvalue weighted by Crippen LogP contribution is -2.06. The van der Waals surface area contributed by atoms with Crippen LogP contribution in [0.15, 0.2) is 46.9 Å². The van der Waals surface area contributed by atoms with Gasteiger partial charge < -0.3 is 10.1 Å². The summed E-state index contributed by atoms with van der Waals surface area (Å²) >= 11 is 9.83. The molecule has 0 atom stereocenters. The Morgan fingerprint density at radius 1 is 1.25 bits per heavy atom. The molecule has 0 saturated heterocycles. The Bertz CT molecular complexity index is 923. The van der Waals surface area contributed by atoms with Crippen LogP contribution >= 0.6 is 27.5 Å². The van der Waals surface area contributed by atoms with Crippen LogP contribution in [-0.2, 0) is 6.42 Å². The van der Waals surface area contributed by atoms with Crippen LogP contribution in [0.25, 0.3) is 16.9 Å². The van der Waals surface area contributed by atoms with Gasteiger partial charge in [0.25, 0.3) is 0 Å². The zero-order valence-corrected chi connectivity index (χ0v) is 15.4. The molecule has 0 fully saturated rings. The Kier molecular flexibility index (Phi) is 3.98. The summed E-state index contributed by atoms with van der Waals surface area (Å²) < 4.78 is 8.42. The standard InChI is InChI=1S/C18H15BrClN3O/c1-24-16-7-6-11(20)10-15(16)23-18-13(8-9-21-18)17(22-23)12-4-2-3-5-14(12)19/h2-7,10,21H,8-9H2,1H3. The van der Waals surface area contributed by atoms with Gasteiger partial charge in [0.1, 0.15) is 17.3 Å². The van der Waals surface area contributed by atoms with Crippen LogP contribution in [0, 0.1) is 0 Å². The molecule has 4 nitrogen and oxygen atoms in total. The summed E-state index contributed by atoms with van der Waals surface area (Å²) in [7, 11) is 1.65. The number of ether oxygens (including phenoxy) is 1. The van der Waals surface area contributed by atoms with Crippen molar-refractivity contribution in [3.63, 3.8) is 0 Å². The second-order valence-electron chi connectivity index (χ2n) is 5.56. The predicted molar refractivity (Wildman–Crippen MR) is 100 cm³/mol. The third-order valence-corrected chi connectivity index (χ3v) is 5.08. The number of methoxy groups -OCH3 is 1. The average Bonchev–Trinajstić information content (AvgIpc) is 3.18. The first-order chi connectivity index (χ1) is 11.7. The van der Waals surface area contributed by atoms with Gasteiger partial charge in [-0.1, -0.05) is 45.7 Å². The molecule has 0 bridgehead atoms. The Morgan fingerprint density at radius 3 is 2.88 bits per heavy atom. The zero-order chi connectivity index (χ0) is 16.7. The Morgan fingerprint density at radius 2 is 2.08 bits per heavy atom. The minimum Gasteiger partial charge on any atom is -0.494 e. The third kappa shape index (κ3) is 2.48. The molecule has 1 aliphatic heterocycles. The van der Waals surface area contributed by atoms with Crippen molar-refractivity contribution < 1.29 is 4.74 Å². The van der Waals surface area contributed by atoms with E-state index in [1.165, 1.54) is 5.56 Å². The molecule has 6 heteroatoms. The molecule has 0 spiro atoms. The molecule has 0 unspecified atom stereocenters. The fourth-order valence-electron chi connectivity index (χ4n) is 3.05. The van der Waals surface area contributed by atoms with Gasteiger partial charge >= 0.3 is 0 Å². The summed E-state index contributed by atoms with van der Waals surface area (Å²) in [6, 6.07) is 13.7. The number of rotatable bonds is 3. The number of hydrogen-bond donors (Lipinski definition) is 1. The van der Waals surface area contributed by atoms with Crippen LogP contribution in [0.2, 0.25) is 5.02 Å². The second-order valence-corrected chi connectivity index (χ2v) is 6.85. The van der Waals surface area contributed by atoms with Gasteiger partial charge in [-0.3, -0.25) is 0 Å². The highest BCUT2D eigenvalue weighted by molar-refractivity contribution is 9.10. The van der Waals surface area contributed by atoms with E-state index < -0.39 is 0 Å². The Hall–Kier alpha value is -1.98. The van der Waals surface area contributed by atoms with Gasteiger partial charge in [-0.25, -0.2) is 4.68 Å². The number of benzene rings is 2. The maximum Gasteiger partial charge on any atom is 0.144 e. The van der Waals surface area contributed by atoms with Gasteiger partial charge in [0, 0.05) is 27.2 Å². The van der Waals surface area contributed by atoms with Crippen molar-refractivity contribution >= 4 is 33.3 Å². The molecule has 1 aliphatic rings. The topological polar surface area (TPSA) is 39.1 Å². The van der Waals surface area contributed by atoms with Crippen molar-refractivity contribution in [3.05, 3.63) is 57.5 Å². The zero-order valence-electron chi connectivity index (χ0n) is 13.0. The largest absolute Gasteiger partial charge is 0.494 e. The number of fused-ring (bicyclic) bond motifs is 1. The highest BCUT2D eigenvalue weighted by Crippen LogP contribution is 2.39. The number of nitrogens with zero attached hydrogens (tertiary/aromatic N) is 2. The van der Waals surface area contributed by atoms with Crippen LogP contribution in [0.4, 0.5) is 5.82 Å². The normalized spacial score (nSPS) is 12.8. The lowest BCUT2D eigenvalue weighted by Gasteiger charge is -2.11. The van der Waals surface area contributed by atoms with Crippen molar-refractivity contribution in [2.75, 3.05) is 19.0 Å². The number of hydrogen-bond acceptors (Lipinski definition) is 3. The second kappa shape index (κ2) is 6.15. The first kappa shape index (κ1) is 15.5. The molecule has 3 aromatic rings. The molecule has 4 rings (SSSR count). The highest BCUT2D eigenvalue weighted by Gasteiger charge is 2.26. The molecular formula is C18H15BrClN3O. The van der Waals surface area contributed by atoms with E-state index in [2.05, 4.69) is 27.3 Å². The highest BCUT2D eigenvalue weighted by atomic mass is 79.9. The average molecular weight is 405 g/mol. The van der Waals surface area contributed by atoms with E-state index in [4.69, 9.17) is 21.4 Å². The quantitative estimate of drug-likeness (QED) is 0.672. The monoisotopic (exact) mass is 403 g/mol. The first-order valence-electron chi connectivity index (χ1n) is 7.63. The summed E-state index contributed by atoms with van der Waals surface area (Å²) in [5.74, 6) is 1.73.